The minimum Gasteiger partial charge on any atom is -0.376 e. The van der Waals surface area contributed by atoms with Gasteiger partial charge in [-0.1, -0.05) is 38.1 Å². The summed E-state index contributed by atoms with van der Waals surface area (Å²) in [5.74, 6) is -0.0760. The number of benzene rings is 2. The predicted octanol–water partition coefficient (Wildman–Crippen LogP) is 3.08. The summed E-state index contributed by atoms with van der Waals surface area (Å²) in [6.07, 6.45) is -4.85. The number of nitrogens with zero attached hydrogens (tertiary/aromatic N) is 3. The van der Waals surface area contributed by atoms with E-state index < -0.39 is 33.9 Å². The zero-order chi connectivity index (χ0) is 29.5. The van der Waals surface area contributed by atoms with Crippen molar-refractivity contribution in [3.05, 3.63) is 54.1 Å². The van der Waals surface area contributed by atoms with Gasteiger partial charge in [-0.3, -0.25) is 9.69 Å². The van der Waals surface area contributed by atoms with Crippen LogP contribution < -0.4 is 10.2 Å². The van der Waals surface area contributed by atoms with Crippen LogP contribution in [-0.2, 0) is 20.4 Å². The van der Waals surface area contributed by atoms with E-state index in [1.165, 1.54) is 34.6 Å². The summed E-state index contributed by atoms with van der Waals surface area (Å²) in [4.78, 5) is 17.1. The molecule has 2 N–H and O–H groups in total. The number of piperazine rings is 2. The second-order valence-corrected chi connectivity index (χ2v) is 13.2. The number of rotatable bonds is 7. The van der Waals surface area contributed by atoms with E-state index in [9.17, 15) is 31.5 Å². The maximum absolute atomic E-state index is 13.6. The van der Waals surface area contributed by atoms with Crippen LogP contribution in [0.25, 0.3) is 0 Å². The molecule has 2 saturated heterocycles. The number of anilines is 1. The molecular weight excluding hydrogens is 565 g/mol. The zero-order valence-corrected chi connectivity index (χ0v) is 24.3. The maximum Gasteiger partial charge on any atom is 0.421 e. The van der Waals surface area contributed by atoms with E-state index in [2.05, 4.69) is 17.9 Å². The van der Waals surface area contributed by atoms with Gasteiger partial charge in [-0.15, -0.1) is 12.6 Å². The average molecular weight is 601 g/mol. The van der Waals surface area contributed by atoms with Gasteiger partial charge in [-0.05, 0) is 42.7 Å². The first-order chi connectivity index (χ1) is 18.6. The second-order valence-electron chi connectivity index (χ2n) is 10.8. The Morgan fingerprint density at radius 3 is 2.33 bits per heavy atom. The minimum absolute atomic E-state index is 0.0112. The van der Waals surface area contributed by atoms with E-state index in [1.54, 1.807) is 18.2 Å². The Kier molecular flexibility index (Phi) is 8.82. The zero-order valence-electron chi connectivity index (χ0n) is 22.6. The molecule has 13 heteroatoms. The first-order valence-electron chi connectivity index (χ1n) is 13.1. The molecule has 2 heterocycles. The van der Waals surface area contributed by atoms with Gasteiger partial charge in [-0.25, -0.2) is 8.42 Å². The van der Waals surface area contributed by atoms with E-state index in [1.807, 2.05) is 23.6 Å². The van der Waals surface area contributed by atoms with Gasteiger partial charge in [0.1, 0.15) is 0 Å². The average Bonchev–Trinajstić information content (AvgIpc) is 2.88. The van der Waals surface area contributed by atoms with Crippen LogP contribution in [0.3, 0.4) is 0 Å². The van der Waals surface area contributed by atoms with Gasteiger partial charge >= 0.3 is 6.18 Å². The summed E-state index contributed by atoms with van der Waals surface area (Å²) in [6.45, 7) is 6.56. The summed E-state index contributed by atoms with van der Waals surface area (Å²) in [5.41, 5.74) is -2.70. The van der Waals surface area contributed by atoms with E-state index in [0.717, 1.165) is 0 Å². The number of aliphatic hydroxyl groups is 1. The molecule has 0 saturated carbocycles. The highest BCUT2D eigenvalue weighted by Gasteiger charge is 2.51. The normalized spacial score (nSPS) is 23.2. The lowest BCUT2D eigenvalue weighted by Gasteiger charge is -2.46. The lowest BCUT2D eigenvalue weighted by Crippen LogP contribution is -2.63. The molecule has 1 amide bonds. The number of thiol groups is 1. The molecule has 0 aliphatic carbocycles. The van der Waals surface area contributed by atoms with Crippen LogP contribution in [0.15, 0.2) is 58.3 Å². The molecule has 0 bridgehead atoms. The fraction of sp³-hybridized carbons (Fsp3) is 0.519. The molecule has 8 nitrogen and oxygen atoms in total. The quantitative estimate of drug-likeness (QED) is 0.424. The van der Waals surface area contributed by atoms with Crippen molar-refractivity contribution in [2.45, 2.75) is 54.4 Å². The van der Waals surface area contributed by atoms with Crippen molar-refractivity contribution < 1.29 is 31.5 Å². The highest BCUT2D eigenvalue weighted by molar-refractivity contribution is 7.90. The number of carbonyl (C=O) groups is 1. The fourth-order valence-corrected chi connectivity index (χ4v) is 7.49. The lowest BCUT2D eigenvalue weighted by molar-refractivity contribution is -0.258. The third-order valence-corrected chi connectivity index (χ3v) is 10.1. The summed E-state index contributed by atoms with van der Waals surface area (Å²) >= 11 is 4.34. The molecular formula is C27H35F3N4O4S2. The van der Waals surface area contributed by atoms with Crippen molar-refractivity contribution in [2.24, 2.45) is 5.92 Å². The molecule has 2 aliphatic heterocycles. The highest BCUT2D eigenvalue weighted by Crippen LogP contribution is 2.39. The van der Waals surface area contributed by atoms with Crippen molar-refractivity contribution in [3.8, 4) is 0 Å². The number of nitrogens with one attached hydrogen (secondary N) is 1. The third kappa shape index (κ3) is 5.98. The minimum atomic E-state index is -4.85. The van der Waals surface area contributed by atoms with E-state index in [0.29, 0.717) is 37.1 Å². The van der Waals surface area contributed by atoms with Crippen molar-refractivity contribution in [1.82, 2.24) is 14.5 Å². The molecule has 2 aromatic rings. The van der Waals surface area contributed by atoms with Crippen molar-refractivity contribution >= 4 is 34.2 Å². The molecule has 0 radical (unpaired) electrons. The van der Waals surface area contributed by atoms with Crippen LogP contribution >= 0.6 is 12.6 Å². The Balaban J connectivity index is 1.67. The van der Waals surface area contributed by atoms with Gasteiger partial charge < -0.3 is 15.3 Å². The van der Waals surface area contributed by atoms with Crippen molar-refractivity contribution in [2.75, 3.05) is 44.2 Å². The third-order valence-electron chi connectivity index (χ3n) is 7.68. The number of halogens is 3. The summed E-state index contributed by atoms with van der Waals surface area (Å²) < 4.78 is 68.8. The van der Waals surface area contributed by atoms with Gasteiger partial charge in [0, 0.05) is 49.9 Å². The number of carbonyl (C=O) groups excluding carboxylic acids is 1. The second kappa shape index (κ2) is 11.5. The first kappa shape index (κ1) is 30.6. The molecule has 2 aromatic carbocycles. The van der Waals surface area contributed by atoms with Crippen LogP contribution in [0.1, 0.15) is 26.3 Å². The monoisotopic (exact) mass is 600 g/mol. The predicted molar refractivity (Wildman–Crippen MR) is 149 cm³/mol. The van der Waals surface area contributed by atoms with E-state index in [-0.39, 0.29) is 41.9 Å². The fourth-order valence-electron chi connectivity index (χ4n) is 5.43. The summed E-state index contributed by atoms with van der Waals surface area (Å²) in [5, 5.41) is 13.0. The standard InChI is InChI=1S/C27H35F3N4O4S2/c1-18(2)24-25(35)31-12-13-32(24)16-21-17-33(40(37,38)23-7-5-4-6-22(23)39)14-15-34(21)20-10-8-19(9-11-20)26(3,36)27(28,29)30/h4-11,18,21,24,36,39H,12-17H2,1-3H3,(H,31,35)/t21-,24?,26?/m0/s1. The Hall–Kier alpha value is -2.32. The number of sulfonamides is 1. The first-order valence-corrected chi connectivity index (χ1v) is 15.0. The Bertz CT molecular complexity index is 1320. The molecule has 40 heavy (non-hydrogen) atoms. The van der Waals surface area contributed by atoms with Gasteiger partial charge in [-0.2, -0.15) is 17.5 Å². The van der Waals surface area contributed by atoms with Crippen LogP contribution in [-0.4, -0.2) is 86.2 Å². The molecule has 3 atom stereocenters. The SMILES string of the molecule is CC(C)C1C(=O)NCCN1C[C@H]1CN(S(=O)(=O)c2ccccc2S)CCN1c1ccc(C(C)(O)C(F)(F)F)cc1. The number of hydrogen-bond donors (Lipinski definition) is 3. The van der Waals surface area contributed by atoms with Gasteiger partial charge in [0.15, 0.2) is 5.60 Å². The molecule has 2 unspecified atom stereocenters. The van der Waals surface area contributed by atoms with Crippen molar-refractivity contribution in [3.63, 3.8) is 0 Å². The van der Waals surface area contributed by atoms with E-state index >= 15 is 0 Å². The molecule has 2 fully saturated rings. The largest absolute Gasteiger partial charge is 0.421 e. The summed E-state index contributed by atoms with van der Waals surface area (Å²) in [6, 6.07) is 11.2. The Morgan fingerprint density at radius 2 is 1.73 bits per heavy atom. The molecule has 220 valence electrons. The smallest absolute Gasteiger partial charge is 0.376 e. The van der Waals surface area contributed by atoms with Crippen LogP contribution in [0.2, 0.25) is 0 Å². The Morgan fingerprint density at radius 1 is 1.07 bits per heavy atom. The molecule has 2 aliphatic rings. The summed E-state index contributed by atoms with van der Waals surface area (Å²) in [7, 11) is -3.88. The number of amides is 1. The highest BCUT2D eigenvalue weighted by atomic mass is 32.2. The maximum atomic E-state index is 13.6. The Labute approximate surface area is 238 Å². The number of hydrogen-bond acceptors (Lipinski definition) is 7. The van der Waals surface area contributed by atoms with Gasteiger partial charge in [0.25, 0.3) is 0 Å². The van der Waals surface area contributed by atoms with Crippen LogP contribution in [0.5, 0.6) is 0 Å². The van der Waals surface area contributed by atoms with Crippen molar-refractivity contribution in [1.29, 1.82) is 0 Å². The van der Waals surface area contributed by atoms with Crippen LogP contribution in [0, 0.1) is 5.92 Å². The lowest BCUT2D eigenvalue weighted by atomic mass is 9.95. The van der Waals surface area contributed by atoms with E-state index in [4.69, 9.17) is 0 Å². The van der Waals surface area contributed by atoms with Gasteiger partial charge in [0.2, 0.25) is 15.9 Å². The molecule has 0 aromatic heterocycles. The van der Waals surface area contributed by atoms with Crippen LogP contribution in [0.4, 0.5) is 18.9 Å². The van der Waals surface area contributed by atoms with Gasteiger partial charge in [0.05, 0.1) is 17.0 Å². The molecule has 4 rings (SSSR count). The number of alkyl halides is 3. The molecule has 0 spiro atoms. The topological polar surface area (TPSA) is 93.2 Å².